The molecule has 1 N–H and O–H groups in total. The summed E-state index contributed by atoms with van der Waals surface area (Å²) in [6.07, 6.45) is 5.09. The third-order valence-corrected chi connectivity index (χ3v) is 4.03. The minimum atomic E-state index is -0.917. The molecule has 0 aromatic carbocycles. The molecule has 0 spiro atoms. The zero-order chi connectivity index (χ0) is 14.5. The van der Waals surface area contributed by atoms with Crippen molar-refractivity contribution >= 4 is 5.91 Å². The predicted octanol–water partition coefficient (Wildman–Crippen LogP) is 2.64. The average Bonchev–Trinajstić information content (AvgIpc) is 2.32. The van der Waals surface area contributed by atoms with Gasteiger partial charge in [-0.2, -0.15) is 5.26 Å². The third kappa shape index (κ3) is 5.20. The Labute approximate surface area is 116 Å². The molecule has 1 aliphatic rings. The molecule has 0 saturated heterocycles. The molecular weight excluding hydrogens is 240 g/mol. The van der Waals surface area contributed by atoms with E-state index in [0.717, 1.165) is 12.8 Å². The predicted molar refractivity (Wildman–Crippen MR) is 74.4 cm³/mol. The summed E-state index contributed by atoms with van der Waals surface area (Å²) in [6, 6.07) is 2.10. The van der Waals surface area contributed by atoms with E-state index in [-0.39, 0.29) is 12.5 Å². The van der Waals surface area contributed by atoms with Crippen molar-refractivity contribution in [3.63, 3.8) is 0 Å². The molecule has 1 amide bonds. The molecule has 4 heteroatoms. The fourth-order valence-corrected chi connectivity index (χ4v) is 2.67. The molecule has 4 nitrogen and oxygen atoms in total. The van der Waals surface area contributed by atoms with Crippen LogP contribution in [0.15, 0.2) is 0 Å². The van der Waals surface area contributed by atoms with Crippen LogP contribution >= 0.6 is 0 Å². The maximum atomic E-state index is 12.0. The van der Waals surface area contributed by atoms with Gasteiger partial charge in [0, 0.05) is 13.5 Å². The summed E-state index contributed by atoms with van der Waals surface area (Å²) in [5.74, 6) is 0.421. The molecule has 108 valence electrons. The normalized spacial score (nSPS) is 22.3. The maximum absolute atomic E-state index is 12.0. The van der Waals surface area contributed by atoms with E-state index in [9.17, 15) is 4.79 Å². The van der Waals surface area contributed by atoms with Gasteiger partial charge in [-0.05, 0) is 43.9 Å². The van der Waals surface area contributed by atoms with Gasteiger partial charge in [0.25, 0.3) is 0 Å². The molecule has 0 aliphatic heterocycles. The standard InChI is InChI=1S/C15H26N2O2/c1-14(2)7-5-12(6-8-14)9-13(18)17-15(3,10-16)11-19-4/h12H,5-9,11H2,1-4H3,(H,17,18). The van der Waals surface area contributed by atoms with E-state index < -0.39 is 5.54 Å². The lowest BCUT2D eigenvalue weighted by Crippen LogP contribution is -2.48. The number of nitrogens with zero attached hydrogens (tertiary/aromatic N) is 1. The number of carbonyl (C=O) groups is 1. The summed E-state index contributed by atoms with van der Waals surface area (Å²) >= 11 is 0. The Bertz CT molecular complexity index is 350. The van der Waals surface area contributed by atoms with Gasteiger partial charge in [0.15, 0.2) is 0 Å². The first-order chi connectivity index (χ1) is 8.80. The number of methoxy groups -OCH3 is 1. The van der Waals surface area contributed by atoms with E-state index in [0.29, 0.717) is 17.8 Å². The number of nitrogens with one attached hydrogen (secondary N) is 1. The van der Waals surface area contributed by atoms with Crippen molar-refractivity contribution in [3.8, 4) is 6.07 Å². The Morgan fingerprint density at radius 3 is 2.53 bits per heavy atom. The third-order valence-electron chi connectivity index (χ3n) is 4.03. The molecule has 0 radical (unpaired) electrons. The minimum absolute atomic E-state index is 0.0363. The molecular formula is C15H26N2O2. The van der Waals surface area contributed by atoms with Crippen molar-refractivity contribution in [3.05, 3.63) is 0 Å². The summed E-state index contributed by atoms with van der Waals surface area (Å²) in [5.41, 5.74) is -0.496. The van der Waals surface area contributed by atoms with Crippen LogP contribution in [-0.4, -0.2) is 25.2 Å². The van der Waals surface area contributed by atoms with Crippen LogP contribution in [0.4, 0.5) is 0 Å². The van der Waals surface area contributed by atoms with Crippen LogP contribution in [0.5, 0.6) is 0 Å². The van der Waals surface area contributed by atoms with Gasteiger partial charge < -0.3 is 10.1 Å². The van der Waals surface area contributed by atoms with Crippen molar-refractivity contribution in [1.82, 2.24) is 5.32 Å². The van der Waals surface area contributed by atoms with Gasteiger partial charge in [-0.25, -0.2) is 0 Å². The molecule has 1 fully saturated rings. The Kier molecular flexibility index (Phi) is 5.37. The summed E-state index contributed by atoms with van der Waals surface area (Å²) in [7, 11) is 1.53. The molecule has 1 atom stereocenters. The number of hydrogen-bond donors (Lipinski definition) is 1. The van der Waals surface area contributed by atoms with Crippen LogP contribution < -0.4 is 5.32 Å². The molecule has 1 aliphatic carbocycles. The van der Waals surface area contributed by atoms with Gasteiger partial charge in [-0.3, -0.25) is 4.79 Å². The Hall–Kier alpha value is -1.08. The summed E-state index contributed by atoms with van der Waals surface area (Å²) < 4.78 is 4.98. The minimum Gasteiger partial charge on any atom is -0.381 e. The number of rotatable bonds is 5. The molecule has 0 aromatic rings. The van der Waals surface area contributed by atoms with E-state index in [1.54, 1.807) is 6.92 Å². The Morgan fingerprint density at radius 1 is 1.47 bits per heavy atom. The van der Waals surface area contributed by atoms with Crippen LogP contribution in [0.3, 0.4) is 0 Å². The molecule has 19 heavy (non-hydrogen) atoms. The van der Waals surface area contributed by atoms with E-state index in [1.165, 1.54) is 20.0 Å². The van der Waals surface area contributed by atoms with Crippen molar-refractivity contribution in [1.29, 1.82) is 5.26 Å². The number of nitriles is 1. The second-order valence-electron chi connectivity index (χ2n) is 6.74. The largest absolute Gasteiger partial charge is 0.381 e. The van der Waals surface area contributed by atoms with Crippen LogP contribution in [0.1, 0.15) is 52.9 Å². The van der Waals surface area contributed by atoms with E-state index in [1.807, 2.05) is 0 Å². The molecule has 0 aromatic heterocycles. The smallest absolute Gasteiger partial charge is 0.221 e. The highest BCUT2D eigenvalue weighted by Gasteiger charge is 2.30. The molecule has 0 bridgehead atoms. The van der Waals surface area contributed by atoms with Gasteiger partial charge in [-0.15, -0.1) is 0 Å². The highest BCUT2D eigenvalue weighted by molar-refractivity contribution is 5.77. The van der Waals surface area contributed by atoms with Crippen molar-refractivity contribution in [2.24, 2.45) is 11.3 Å². The first-order valence-corrected chi connectivity index (χ1v) is 7.01. The molecule has 0 heterocycles. The molecule has 1 rings (SSSR count). The number of hydrogen-bond acceptors (Lipinski definition) is 3. The SMILES string of the molecule is COCC(C)(C#N)NC(=O)CC1CCC(C)(C)CC1. The second-order valence-corrected chi connectivity index (χ2v) is 6.74. The second kappa shape index (κ2) is 6.38. The van der Waals surface area contributed by atoms with Crippen molar-refractivity contribution in [2.45, 2.75) is 58.4 Å². The lowest BCUT2D eigenvalue weighted by Gasteiger charge is -2.34. The van der Waals surface area contributed by atoms with Crippen LogP contribution in [-0.2, 0) is 9.53 Å². The van der Waals surface area contributed by atoms with E-state index >= 15 is 0 Å². The zero-order valence-corrected chi connectivity index (χ0v) is 12.6. The van der Waals surface area contributed by atoms with Crippen molar-refractivity contribution in [2.75, 3.05) is 13.7 Å². The summed E-state index contributed by atoms with van der Waals surface area (Å²) in [5, 5.41) is 11.9. The number of amides is 1. The monoisotopic (exact) mass is 266 g/mol. The quantitative estimate of drug-likeness (QED) is 0.832. The van der Waals surface area contributed by atoms with Crippen molar-refractivity contribution < 1.29 is 9.53 Å². The average molecular weight is 266 g/mol. The lowest BCUT2D eigenvalue weighted by molar-refractivity contribution is -0.124. The van der Waals surface area contributed by atoms with Gasteiger partial charge in [0.05, 0.1) is 12.7 Å². The van der Waals surface area contributed by atoms with Crippen LogP contribution in [0, 0.1) is 22.7 Å². The Morgan fingerprint density at radius 2 is 2.05 bits per heavy atom. The fourth-order valence-electron chi connectivity index (χ4n) is 2.67. The summed E-state index contributed by atoms with van der Waals surface area (Å²) in [4.78, 5) is 12.0. The van der Waals surface area contributed by atoms with Gasteiger partial charge >= 0.3 is 0 Å². The number of carbonyl (C=O) groups excluding carboxylic acids is 1. The zero-order valence-electron chi connectivity index (χ0n) is 12.6. The first-order valence-electron chi connectivity index (χ1n) is 7.01. The van der Waals surface area contributed by atoms with Crippen LogP contribution in [0.25, 0.3) is 0 Å². The number of ether oxygens (including phenoxy) is 1. The van der Waals surface area contributed by atoms with Crippen LogP contribution in [0.2, 0.25) is 0 Å². The summed E-state index contributed by atoms with van der Waals surface area (Å²) in [6.45, 7) is 6.48. The molecule has 1 saturated carbocycles. The molecule has 1 unspecified atom stereocenters. The van der Waals surface area contributed by atoms with E-state index in [4.69, 9.17) is 10.00 Å². The van der Waals surface area contributed by atoms with Gasteiger partial charge in [-0.1, -0.05) is 13.8 Å². The fraction of sp³-hybridized carbons (Fsp3) is 0.867. The lowest BCUT2D eigenvalue weighted by atomic mass is 9.72. The topological polar surface area (TPSA) is 62.1 Å². The highest BCUT2D eigenvalue weighted by atomic mass is 16.5. The van der Waals surface area contributed by atoms with Gasteiger partial charge in [0.2, 0.25) is 5.91 Å². The van der Waals surface area contributed by atoms with E-state index in [2.05, 4.69) is 25.2 Å². The first kappa shape index (κ1) is 16.0. The highest BCUT2D eigenvalue weighted by Crippen LogP contribution is 2.39. The Balaban J connectivity index is 2.42. The van der Waals surface area contributed by atoms with Gasteiger partial charge in [0.1, 0.15) is 5.54 Å². The maximum Gasteiger partial charge on any atom is 0.221 e.